The Hall–Kier alpha value is -3.62. The van der Waals surface area contributed by atoms with E-state index in [0.717, 1.165) is 17.4 Å². The number of amides is 2. The number of anilines is 1. The third-order valence-electron chi connectivity index (χ3n) is 4.67. The maximum Gasteiger partial charge on any atom is 0.512 e. The Morgan fingerprint density at radius 1 is 1.53 bits per heavy atom. The number of carbonyl (C=O) groups is 3. The summed E-state index contributed by atoms with van der Waals surface area (Å²) in [4.78, 5) is 42.2. The van der Waals surface area contributed by atoms with Crippen molar-refractivity contribution in [2.24, 2.45) is 7.05 Å². The van der Waals surface area contributed by atoms with Crippen LogP contribution in [-0.2, 0) is 21.4 Å². The van der Waals surface area contributed by atoms with Gasteiger partial charge in [0.2, 0.25) is 11.0 Å². The van der Waals surface area contributed by atoms with E-state index in [-0.39, 0.29) is 28.0 Å². The Balaban J connectivity index is 1.51. The Morgan fingerprint density at radius 3 is 2.94 bits per heavy atom. The Kier molecular flexibility index (Phi) is 6.72. The van der Waals surface area contributed by atoms with Crippen LogP contribution >= 0.6 is 34.9 Å². The minimum atomic E-state index is -1.57. The third-order valence-corrected chi connectivity index (χ3v) is 7.78. The second kappa shape index (κ2) is 9.70. The monoisotopic (exact) mass is 521 g/mol. The average molecular weight is 522 g/mol. The van der Waals surface area contributed by atoms with E-state index in [9.17, 15) is 19.5 Å². The molecular weight excluding hydrogens is 506 g/mol. The Bertz CT molecular complexity index is 1260. The van der Waals surface area contributed by atoms with Gasteiger partial charge in [-0.1, -0.05) is 11.8 Å². The lowest BCUT2D eigenvalue weighted by Gasteiger charge is -2.49. The molecule has 4 rings (SSSR count). The number of nitrogens with zero attached hydrogens (tertiary/aromatic N) is 7. The van der Waals surface area contributed by atoms with Crippen molar-refractivity contribution >= 4 is 63.5 Å². The normalized spacial score (nSPS) is 19.8. The second-order valence-electron chi connectivity index (χ2n) is 6.77. The summed E-state index contributed by atoms with van der Waals surface area (Å²) in [5.74, 6) is -0.664. The number of nitrogens with two attached hydrogens (primary N) is 1. The van der Waals surface area contributed by atoms with Gasteiger partial charge < -0.3 is 20.9 Å². The second-order valence-corrected chi connectivity index (χ2v) is 9.71. The van der Waals surface area contributed by atoms with E-state index < -0.39 is 29.4 Å². The highest BCUT2D eigenvalue weighted by Gasteiger charge is 2.54. The van der Waals surface area contributed by atoms with E-state index in [4.69, 9.17) is 15.7 Å². The molecule has 2 aromatic heterocycles. The number of β-lactam (4-membered cyclic amide) rings is 1. The lowest BCUT2D eigenvalue weighted by molar-refractivity contribution is -0.148. The molecule has 34 heavy (non-hydrogen) atoms. The lowest BCUT2D eigenvalue weighted by Crippen LogP contribution is -2.70. The van der Waals surface area contributed by atoms with Crippen LogP contribution in [0.25, 0.3) is 5.57 Å². The van der Waals surface area contributed by atoms with Gasteiger partial charge in [-0.05, 0) is 10.4 Å². The molecule has 176 valence electrons. The van der Waals surface area contributed by atoms with Gasteiger partial charge in [-0.2, -0.15) is 5.26 Å². The maximum absolute atomic E-state index is 12.9. The predicted octanol–water partition coefficient (Wildman–Crippen LogP) is 0.254. The van der Waals surface area contributed by atoms with E-state index in [1.807, 2.05) is 0 Å². The van der Waals surface area contributed by atoms with Crippen LogP contribution in [0.3, 0.4) is 0 Å². The number of aromatic nitrogens is 5. The summed E-state index contributed by atoms with van der Waals surface area (Å²) in [5.41, 5.74) is 6.36. The fourth-order valence-electron chi connectivity index (χ4n) is 3.15. The summed E-state index contributed by atoms with van der Waals surface area (Å²) in [6, 6.07) is 0.843. The number of rotatable bonds is 7. The molecule has 2 aliphatic heterocycles. The molecule has 17 heteroatoms. The molecule has 2 aliphatic rings. The van der Waals surface area contributed by atoms with Gasteiger partial charge in [-0.25, -0.2) is 14.5 Å². The smallest absolute Gasteiger partial charge is 0.449 e. The number of carbonyl (C=O) groups excluding carboxylic acids is 2. The number of aryl methyl sites for hydroxylation is 1. The van der Waals surface area contributed by atoms with Crippen LogP contribution in [0.5, 0.6) is 0 Å². The molecule has 0 bridgehead atoms. The number of tetrazole rings is 1. The molecule has 2 amide bonds. The third kappa shape index (κ3) is 4.55. The number of hydrogen-bond acceptors (Lipinski definition) is 13. The molecule has 1 unspecified atom stereocenters. The molecule has 2 atom stereocenters. The van der Waals surface area contributed by atoms with Gasteiger partial charge in [0.1, 0.15) is 11.4 Å². The van der Waals surface area contributed by atoms with Gasteiger partial charge in [0.15, 0.2) is 5.13 Å². The number of carboxylic acid groups (broad SMARTS) is 1. The van der Waals surface area contributed by atoms with Crippen molar-refractivity contribution in [2.75, 3.05) is 17.2 Å². The van der Waals surface area contributed by atoms with Gasteiger partial charge in [0.05, 0.1) is 17.3 Å². The Morgan fingerprint density at radius 2 is 2.32 bits per heavy atom. The number of fused-ring (bicyclic) bond motifs is 1. The molecule has 0 aliphatic carbocycles. The first-order chi connectivity index (χ1) is 16.3. The Labute approximate surface area is 203 Å². The summed E-state index contributed by atoms with van der Waals surface area (Å²) >= 11 is 3.71. The van der Waals surface area contributed by atoms with Gasteiger partial charge in [0.25, 0.3) is 11.8 Å². The number of nitriles is 1. The molecule has 0 saturated carbocycles. The molecule has 1 fully saturated rings. The molecule has 2 aromatic rings. The number of allylic oxidation sites excluding steroid dienone is 1. The minimum absolute atomic E-state index is 0.0329. The highest BCUT2D eigenvalue weighted by atomic mass is 32.2. The van der Waals surface area contributed by atoms with Crippen molar-refractivity contribution in [3.8, 4) is 6.07 Å². The highest BCUT2D eigenvalue weighted by Crippen LogP contribution is 2.42. The van der Waals surface area contributed by atoms with Crippen LogP contribution in [0, 0.1) is 11.3 Å². The zero-order chi connectivity index (χ0) is 24.4. The summed E-state index contributed by atoms with van der Waals surface area (Å²) in [7, 11) is 1.66. The zero-order valence-electron chi connectivity index (χ0n) is 17.2. The zero-order valence-corrected chi connectivity index (χ0v) is 19.7. The SMILES string of the molecule is Cn1nnnc1SCC1=C(OC(=O)O)N2C(=O)C(NC(=O)C(=CC#N)c3csc(N)n3)[C@@H]2SC1. The topological polar surface area (TPSA) is 202 Å². The number of nitrogen functional groups attached to an aromatic ring is 1. The van der Waals surface area contributed by atoms with E-state index in [0.29, 0.717) is 16.5 Å². The van der Waals surface area contributed by atoms with E-state index in [1.165, 1.54) is 38.5 Å². The largest absolute Gasteiger partial charge is 0.512 e. The van der Waals surface area contributed by atoms with Gasteiger partial charge in [0, 0.05) is 35.6 Å². The standard InChI is InChI=1S/C17H15N9O5S3/c1-25-16(22-23-24-25)34-5-7-4-32-14-10(12(28)26(14)13(7)31-17(29)30)21-11(27)8(2-3-18)9-6-33-15(19)20-9/h2,6,10,14H,4-5H2,1H3,(H2,19,20)(H,21,27)(H,29,30)/t10?,14-/m0/s1. The first kappa shape index (κ1) is 23.5. The van der Waals surface area contributed by atoms with Crippen molar-refractivity contribution < 1.29 is 24.2 Å². The summed E-state index contributed by atoms with van der Waals surface area (Å²) in [6.07, 6.45) is -0.544. The van der Waals surface area contributed by atoms with Gasteiger partial charge in [-0.15, -0.1) is 28.2 Å². The predicted molar refractivity (Wildman–Crippen MR) is 121 cm³/mol. The molecule has 0 aromatic carbocycles. The summed E-state index contributed by atoms with van der Waals surface area (Å²) in [6.45, 7) is 0. The van der Waals surface area contributed by atoms with Crippen molar-refractivity contribution in [3.05, 3.63) is 28.6 Å². The number of thiazole rings is 1. The van der Waals surface area contributed by atoms with Crippen molar-refractivity contribution in [1.82, 2.24) is 35.4 Å². The van der Waals surface area contributed by atoms with Gasteiger partial charge >= 0.3 is 6.16 Å². The number of nitrogens with one attached hydrogen (secondary N) is 1. The molecule has 0 spiro atoms. The maximum atomic E-state index is 12.9. The van der Waals surface area contributed by atoms with Crippen molar-refractivity contribution in [1.29, 1.82) is 5.26 Å². The van der Waals surface area contributed by atoms with E-state index >= 15 is 0 Å². The van der Waals surface area contributed by atoms with Gasteiger partial charge in [-0.3, -0.25) is 14.5 Å². The number of hydrogen-bond donors (Lipinski definition) is 3. The first-order valence-corrected chi connectivity index (χ1v) is 12.3. The van der Waals surface area contributed by atoms with Crippen LogP contribution in [0.2, 0.25) is 0 Å². The quantitative estimate of drug-likeness (QED) is 0.147. The van der Waals surface area contributed by atoms with Crippen LogP contribution in [0.4, 0.5) is 9.93 Å². The summed E-state index contributed by atoms with van der Waals surface area (Å²) < 4.78 is 6.41. The summed E-state index contributed by atoms with van der Waals surface area (Å²) in [5, 5.41) is 33.7. The molecule has 0 radical (unpaired) electrons. The molecular formula is C17H15N9O5S3. The molecule has 4 N–H and O–H groups in total. The number of ether oxygens (including phenoxy) is 1. The highest BCUT2D eigenvalue weighted by molar-refractivity contribution is 8.01. The lowest BCUT2D eigenvalue weighted by atomic mass is 10.0. The van der Waals surface area contributed by atoms with E-state index in [2.05, 4.69) is 25.8 Å². The van der Waals surface area contributed by atoms with Crippen LogP contribution in [0.15, 0.2) is 28.1 Å². The fourth-order valence-corrected chi connectivity index (χ4v) is 6.02. The minimum Gasteiger partial charge on any atom is -0.449 e. The fraction of sp³-hybridized carbons (Fsp3) is 0.294. The van der Waals surface area contributed by atoms with E-state index in [1.54, 1.807) is 13.1 Å². The molecule has 1 saturated heterocycles. The van der Waals surface area contributed by atoms with Crippen molar-refractivity contribution in [3.63, 3.8) is 0 Å². The first-order valence-electron chi connectivity index (χ1n) is 9.34. The van der Waals surface area contributed by atoms with Crippen LogP contribution < -0.4 is 11.1 Å². The molecule has 4 heterocycles. The molecule has 14 nitrogen and oxygen atoms in total. The average Bonchev–Trinajstić information content (AvgIpc) is 3.41. The van der Waals surface area contributed by atoms with Crippen molar-refractivity contribution in [2.45, 2.75) is 16.6 Å². The van der Waals surface area contributed by atoms with Crippen LogP contribution in [0.1, 0.15) is 5.69 Å². The number of thioether (sulfide) groups is 2. The van der Waals surface area contributed by atoms with Crippen LogP contribution in [-0.4, -0.2) is 76.1 Å².